The number of carbonyl (C=O) groups is 1. The number of morpholine rings is 1. The van der Waals surface area contributed by atoms with Crippen molar-refractivity contribution in [2.24, 2.45) is 0 Å². The molecule has 23 heavy (non-hydrogen) atoms. The fourth-order valence-corrected chi connectivity index (χ4v) is 2.84. The molecular weight excluding hydrogens is 316 g/mol. The van der Waals surface area contributed by atoms with Gasteiger partial charge in [0, 0.05) is 24.7 Å². The largest absolute Gasteiger partial charge is 0.459 e. The van der Waals surface area contributed by atoms with Gasteiger partial charge in [-0.25, -0.2) is 0 Å². The van der Waals surface area contributed by atoms with E-state index in [1.165, 1.54) is 6.26 Å². The maximum absolute atomic E-state index is 12.1. The first-order valence-electron chi connectivity index (χ1n) is 7.63. The lowest BCUT2D eigenvalue weighted by molar-refractivity contribution is 0.0161. The molecule has 5 nitrogen and oxygen atoms in total. The van der Waals surface area contributed by atoms with Crippen molar-refractivity contribution in [1.82, 2.24) is 10.2 Å². The molecule has 2 heterocycles. The van der Waals surface area contributed by atoms with Gasteiger partial charge in [-0.05, 0) is 29.8 Å². The highest BCUT2D eigenvalue weighted by Gasteiger charge is 2.23. The molecule has 1 aliphatic heterocycles. The number of hydrogen-bond donors (Lipinski definition) is 1. The predicted molar refractivity (Wildman–Crippen MR) is 87.6 cm³/mol. The van der Waals surface area contributed by atoms with Gasteiger partial charge in [-0.1, -0.05) is 23.7 Å². The lowest BCUT2D eigenvalue weighted by Gasteiger charge is -2.34. The molecule has 3 rings (SSSR count). The number of nitrogens with zero attached hydrogens (tertiary/aromatic N) is 1. The molecule has 0 bridgehead atoms. The van der Waals surface area contributed by atoms with Crippen molar-refractivity contribution in [3.63, 3.8) is 0 Å². The third-order valence-corrected chi connectivity index (χ3v) is 4.19. The Hall–Kier alpha value is -1.82. The summed E-state index contributed by atoms with van der Waals surface area (Å²) in [4.78, 5) is 14.4. The highest BCUT2D eigenvalue weighted by molar-refractivity contribution is 6.30. The summed E-state index contributed by atoms with van der Waals surface area (Å²) < 4.78 is 10.6. The van der Waals surface area contributed by atoms with E-state index < -0.39 is 0 Å². The molecule has 0 spiro atoms. The second kappa shape index (κ2) is 7.64. The van der Waals surface area contributed by atoms with E-state index in [4.69, 9.17) is 20.8 Å². The number of halogens is 1. The normalized spacial score (nSPS) is 16.9. The highest BCUT2D eigenvalue weighted by Crippen LogP contribution is 2.23. The van der Waals surface area contributed by atoms with Crippen LogP contribution in [0.25, 0.3) is 0 Å². The minimum atomic E-state index is -0.206. The molecule has 1 aromatic heterocycles. The summed E-state index contributed by atoms with van der Waals surface area (Å²) in [6, 6.07) is 11.2. The Kier molecular flexibility index (Phi) is 5.33. The van der Waals surface area contributed by atoms with Gasteiger partial charge in [-0.15, -0.1) is 0 Å². The molecule has 0 unspecified atom stereocenters. The zero-order valence-corrected chi connectivity index (χ0v) is 13.5. The first kappa shape index (κ1) is 16.1. The molecule has 1 saturated heterocycles. The van der Waals surface area contributed by atoms with Crippen LogP contribution >= 0.6 is 11.6 Å². The number of ether oxygens (including phenoxy) is 1. The summed E-state index contributed by atoms with van der Waals surface area (Å²) in [6.07, 6.45) is 1.49. The Labute approximate surface area is 140 Å². The standard InChI is InChI=1S/C17H19ClN2O3/c18-14-5-3-13(4-6-14)15(20-7-10-22-11-8-20)12-19-17(21)16-2-1-9-23-16/h1-6,9,15H,7-8,10-12H2,(H,19,21)/t15-/m1/s1. The van der Waals surface area contributed by atoms with Crippen molar-refractivity contribution >= 4 is 17.5 Å². The van der Waals surface area contributed by atoms with Crippen molar-refractivity contribution in [2.75, 3.05) is 32.8 Å². The van der Waals surface area contributed by atoms with Gasteiger partial charge >= 0.3 is 0 Å². The number of furan rings is 1. The highest BCUT2D eigenvalue weighted by atomic mass is 35.5. The summed E-state index contributed by atoms with van der Waals surface area (Å²) in [5.74, 6) is 0.115. The Morgan fingerprint density at radius 3 is 2.61 bits per heavy atom. The maximum atomic E-state index is 12.1. The Morgan fingerprint density at radius 2 is 1.96 bits per heavy atom. The van der Waals surface area contributed by atoms with Crippen LogP contribution in [-0.4, -0.2) is 43.7 Å². The van der Waals surface area contributed by atoms with Gasteiger partial charge in [0.15, 0.2) is 5.76 Å². The Morgan fingerprint density at radius 1 is 1.22 bits per heavy atom. The molecule has 1 aromatic carbocycles. The van der Waals surface area contributed by atoms with E-state index in [2.05, 4.69) is 10.2 Å². The third kappa shape index (κ3) is 4.13. The first-order valence-corrected chi connectivity index (χ1v) is 8.01. The van der Waals surface area contributed by atoms with Gasteiger partial charge in [-0.2, -0.15) is 0 Å². The van der Waals surface area contributed by atoms with Crippen molar-refractivity contribution in [1.29, 1.82) is 0 Å². The summed E-state index contributed by atoms with van der Waals surface area (Å²) in [6.45, 7) is 3.58. The zero-order valence-electron chi connectivity index (χ0n) is 12.7. The molecule has 6 heteroatoms. The summed E-state index contributed by atoms with van der Waals surface area (Å²) in [5, 5.41) is 3.65. The third-order valence-electron chi connectivity index (χ3n) is 3.94. The van der Waals surface area contributed by atoms with Crippen molar-refractivity contribution in [3.05, 3.63) is 59.0 Å². The summed E-state index contributed by atoms with van der Waals surface area (Å²) in [5.41, 5.74) is 1.12. The van der Waals surface area contributed by atoms with Crippen molar-refractivity contribution < 1.29 is 13.9 Å². The predicted octanol–water partition coefficient (Wildman–Crippen LogP) is 2.74. The van der Waals surface area contributed by atoms with Crippen LogP contribution in [0.5, 0.6) is 0 Å². The molecule has 2 aromatic rings. The SMILES string of the molecule is O=C(NC[C@H](c1ccc(Cl)cc1)N1CCOCC1)c1ccco1. The average molecular weight is 335 g/mol. The van der Waals surface area contributed by atoms with Gasteiger partial charge in [-0.3, -0.25) is 9.69 Å². The van der Waals surface area contributed by atoms with Gasteiger partial charge in [0.1, 0.15) is 0 Å². The summed E-state index contributed by atoms with van der Waals surface area (Å²) >= 11 is 5.98. The molecule has 1 fully saturated rings. The molecule has 1 atom stereocenters. The van der Waals surface area contributed by atoms with Crippen molar-refractivity contribution in [2.45, 2.75) is 6.04 Å². The number of hydrogen-bond acceptors (Lipinski definition) is 4. The van der Waals surface area contributed by atoms with Crippen LogP contribution in [-0.2, 0) is 4.74 Å². The quantitative estimate of drug-likeness (QED) is 0.913. The summed E-state index contributed by atoms with van der Waals surface area (Å²) in [7, 11) is 0. The minimum absolute atomic E-state index is 0.0788. The number of carbonyl (C=O) groups excluding carboxylic acids is 1. The van der Waals surface area contributed by atoms with Crippen LogP contribution in [0.2, 0.25) is 5.02 Å². The fourth-order valence-electron chi connectivity index (χ4n) is 2.72. The molecule has 0 aliphatic carbocycles. The molecular formula is C17H19ClN2O3. The molecule has 1 aliphatic rings. The number of benzene rings is 1. The molecule has 122 valence electrons. The van der Waals surface area contributed by atoms with E-state index in [0.29, 0.717) is 30.5 Å². The average Bonchev–Trinajstić information content (AvgIpc) is 3.12. The van der Waals surface area contributed by atoms with Gasteiger partial charge in [0.2, 0.25) is 0 Å². The fraction of sp³-hybridized carbons (Fsp3) is 0.353. The lowest BCUT2D eigenvalue weighted by Crippen LogP contribution is -2.43. The lowest BCUT2D eigenvalue weighted by atomic mass is 10.0. The van der Waals surface area contributed by atoms with Crippen LogP contribution in [0, 0.1) is 0 Å². The van der Waals surface area contributed by atoms with Crippen molar-refractivity contribution in [3.8, 4) is 0 Å². The number of nitrogens with one attached hydrogen (secondary N) is 1. The number of amides is 1. The van der Waals surface area contributed by atoms with E-state index in [1.807, 2.05) is 24.3 Å². The molecule has 1 amide bonds. The number of rotatable bonds is 5. The van der Waals surface area contributed by atoms with Gasteiger partial charge in [0.05, 0.1) is 25.5 Å². The van der Waals surface area contributed by atoms with Crippen LogP contribution in [0.15, 0.2) is 47.1 Å². The molecule has 0 saturated carbocycles. The first-order chi connectivity index (χ1) is 11.2. The Balaban J connectivity index is 1.72. The van der Waals surface area contributed by atoms with Crippen LogP contribution in [0.3, 0.4) is 0 Å². The second-order valence-corrected chi connectivity index (χ2v) is 5.84. The van der Waals surface area contributed by atoms with Gasteiger partial charge < -0.3 is 14.5 Å². The minimum Gasteiger partial charge on any atom is -0.459 e. The molecule has 0 radical (unpaired) electrons. The molecule has 1 N–H and O–H groups in total. The Bertz CT molecular complexity index is 622. The van der Waals surface area contributed by atoms with Crippen LogP contribution in [0.4, 0.5) is 0 Å². The monoisotopic (exact) mass is 334 g/mol. The van der Waals surface area contributed by atoms with E-state index in [1.54, 1.807) is 12.1 Å². The van der Waals surface area contributed by atoms with Crippen LogP contribution < -0.4 is 5.32 Å². The topological polar surface area (TPSA) is 54.7 Å². The zero-order chi connectivity index (χ0) is 16.1. The second-order valence-electron chi connectivity index (χ2n) is 5.40. The maximum Gasteiger partial charge on any atom is 0.287 e. The van der Waals surface area contributed by atoms with E-state index in [-0.39, 0.29) is 11.9 Å². The van der Waals surface area contributed by atoms with E-state index >= 15 is 0 Å². The smallest absolute Gasteiger partial charge is 0.287 e. The van der Waals surface area contributed by atoms with E-state index in [9.17, 15) is 4.79 Å². The van der Waals surface area contributed by atoms with E-state index in [0.717, 1.165) is 18.7 Å². The van der Waals surface area contributed by atoms with Gasteiger partial charge in [0.25, 0.3) is 5.91 Å². The van der Waals surface area contributed by atoms with Crippen LogP contribution in [0.1, 0.15) is 22.2 Å².